The predicted molar refractivity (Wildman–Crippen MR) is 133 cm³/mol. The topological polar surface area (TPSA) is 84.9 Å². The molecule has 1 amide bonds. The van der Waals surface area contributed by atoms with Gasteiger partial charge in [0.15, 0.2) is 0 Å². The molecule has 3 aromatic rings. The summed E-state index contributed by atoms with van der Waals surface area (Å²) < 4.78 is 39.6. The molecule has 4 rings (SSSR count). The monoisotopic (exact) mass is 498 g/mol. The van der Waals surface area contributed by atoms with E-state index in [0.29, 0.717) is 17.2 Å². The first-order valence-corrected chi connectivity index (χ1v) is 13.4. The Balaban J connectivity index is 1.63. The van der Waals surface area contributed by atoms with E-state index < -0.39 is 28.1 Å². The molecule has 178 valence electrons. The van der Waals surface area contributed by atoms with Crippen molar-refractivity contribution in [1.29, 1.82) is 0 Å². The van der Waals surface area contributed by atoms with Gasteiger partial charge in [0.25, 0.3) is 0 Å². The lowest BCUT2D eigenvalue weighted by atomic mass is 10.2. The molecule has 0 radical (unpaired) electrons. The summed E-state index contributed by atoms with van der Waals surface area (Å²) in [7, 11) is -2.44. The number of thioether (sulfide) groups is 1. The van der Waals surface area contributed by atoms with E-state index in [-0.39, 0.29) is 17.9 Å². The van der Waals surface area contributed by atoms with Gasteiger partial charge in [-0.25, -0.2) is 8.42 Å². The molecule has 0 saturated carbocycles. The van der Waals surface area contributed by atoms with Gasteiger partial charge >= 0.3 is 0 Å². The van der Waals surface area contributed by atoms with Gasteiger partial charge in [0.2, 0.25) is 15.9 Å². The number of benzene rings is 3. The standard InChI is InChI=1S/C25H26N2O5S2/c1-31-18-12-14-21(15-13-18)34(29,30)27-17-20(32-19-8-4-3-5-9-19)16-23(27)25(28)26-22-10-6-7-11-24(22)33-2/h3-15,20,23H,16-17H2,1-2H3,(H,26,28). The van der Waals surface area contributed by atoms with E-state index in [4.69, 9.17) is 9.47 Å². The van der Waals surface area contributed by atoms with Crippen LogP contribution < -0.4 is 14.8 Å². The number of hydrogen-bond acceptors (Lipinski definition) is 6. The predicted octanol–water partition coefficient (Wildman–Crippen LogP) is 4.27. The minimum absolute atomic E-state index is 0.0610. The van der Waals surface area contributed by atoms with E-state index in [1.807, 2.05) is 54.8 Å². The molecule has 2 unspecified atom stereocenters. The fraction of sp³-hybridized carbons (Fsp3) is 0.240. The molecule has 1 aliphatic rings. The van der Waals surface area contributed by atoms with Crippen LogP contribution >= 0.6 is 11.8 Å². The highest BCUT2D eigenvalue weighted by atomic mass is 32.2. The highest BCUT2D eigenvalue weighted by Crippen LogP contribution is 2.31. The zero-order chi connectivity index (χ0) is 24.1. The molecule has 2 atom stereocenters. The molecule has 0 bridgehead atoms. The van der Waals surface area contributed by atoms with Crippen LogP contribution in [0, 0.1) is 0 Å². The molecule has 7 nitrogen and oxygen atoms in total. The van der Waals surface area contributed by atoms with Crippen molar-refractivity contribution in [3.05, 3.63) is 78.9 Å². The lowest BCUT2D eigenvalue weighted by molar-refractivity contribution is -0.119. The number of nitrogens with one attached hydrogen (secondary N) is 1. The van der Waals surface area contributed by atoms with Gasteiger partial charge in [-0.2, -0.15) is 4.31 Å². The molecular formula is C25H26N2O5S2. The molecule has 9 heteroatoms. The van der Waals surface area contributed by atoms with Gasteiger partial charge in [0, 0.05) is 11.3 Å². The van der Waals surface area contributed by atoms with Crippen molar-refractivity contribution in [2.24, 2.45) is 0 Å². The van der Waals surface area contributed by atoms with Crippen molar-refractivity contribution in [3.63, 3.8) is 0 Å². The molecule has 34 heavy (non-hydrogen) atoms. The average molecular weight is 499 g/mol. The number of rotatable bonds is 8. The van der Waals surface area contributed by atoms with E-state index in [9.17, 15) is 13.2 Å². The second-order valence-corrected chi connectivity index (χ2v) is 10.5. The van der Waals surface area contributed by atoms with Crippen LogP contribution in [-0.2, 0) is 14.8 Å². The summed E-state index contributed by atoms with van der Waals surface area (Å²) in [6.07, 6.45) is 1.68. The van der Waals surface area contributed by atoms with Gasteiger partial charge in [-0.1, -0.05) is 30.3 Å². The van der Waals surface area contributed by atoms with Crippen LogP contribution in [0.1, 0.15) is 6.42 Å². The van der Waals surface area contributed by atoms with Crippen LogP contribution in [-0.4, -0.2) is 50.7 Å². The molecule has 0 aliphatic carbocycles. The third-order valence-corrected chi connectivity index (χ3v) is 8.28. The van der Waals surface area contributed by atoms with Gasteiger partial charge in [0.1, 0.15) is 23.6 Å². The Labute approximate surface area is 204 Å². The number of hydrogen-bond donors (Lipinski definition) is 1. The molecule has 0 spiro atoms. The number of ether oxygens (including phenoxy) is 2. The van der Waals surface area contributed by atoms with Gasteiger partial charge in [0.05, 0.1) is 24.2 Å². The fourth-order valence-corrected chi connectivity index (χ4v) is 6.08. The largest absolute Gasteiger partial charge is 0.497 e. The van der Waals surface area contributed by atoms with E-state index in [2.05, 4.69) is 5.32 Å². The minimum Gasteiger partial charge on any atom is -0.497 e. The maximum atomic E-state index is 13.6. The van der Waals surface area contributed by atoms with Crippen molar-refractivity contribution in [2.75, 3.05) is 25.2 Å². The lowest BCUT2D eigenvalue weighted by Gasteiger charge is -2.23. The van der Waals surface area contributed by atoms with E-state index in [0.717, 1.165) is 4.90 Å². The maximum absolute atomic E-state index is 13.6. The number of para-hydroxylation sites is 2. The molecule has 1 N–H and O–H groups in total. The SMILES string of the molecule is COc1ccc(S(=O)(=O)N2CC(Oc3ccccc3)CC2C(=O)Nc2ccccc2SC)cc1. The molecule has 1 aliphatic heterocycles. The van der Waals surface area contributed by atoms with Gasteiger partial charge in [-0.15, -0.1) is 11.8 Å². The quantitative estimate of drug-likeness (QED) is 0.467. The van der Waals surface area contributed by atoms with Crippen molar-refractivity contribution in [2.45, 2.75) is 28.4 Å². The number of amides is 1. The summed E-state index contributed by atoms with van der Waals surface area (Å²) in [5, 5.41) is 2.92. The summed E-state index contributed by atoms with van der Waals surface area (Å²) in [6, 6.07) is 21.8. The molecule has 1 heterocycles. The Morgan fingerprint density at radius 2 is 1.65 bits per heavy atom. The molecule has 1 saturated heterocycles. The zero-order valence-electron chi connectivity index (χ0n) is 18.9. The molecule has 3 aromatic carbocycles. The highest BCUT2D eigenvalue weighted by Gasteiger charge is 2.45. The van der Waals surface area contributed by atoms with Crippen LogP contribution in [0.15, 0.2) is 88.7 Å². The number of nitrogens with zero attached hydrogens (tertiary/aromatic N) is 1. The van der Waals surface area contributed by atoms with Crippen molar-refractivity contribution in [1.82, 2.24) is 4.31 Å². The van der Waals surface area contributed by atoms with Gasteiger partial charge in [-0.3, -0.25) is 4.79 Å². The molecule has 1 fully saturated rings. The summed E-state index contributed by atoms with van der Waals surface area (Å²) in [5.74, 6) is 0.787. The van der Waals surface area contributed by atoms with E-state index in [1.54, 1.807) is 18.2 Å². The van der Waals surface area contributed by atoms with Crippen LogP contribution in [0.5, 0.6) is 11.5 Å². The first kappa shape index (κ1) is 24.1. The highest BCUT2D eigenvalue weighted by molar-refractivity contribution is 7.98. The van der Waals surface area contributed by atoms with Crippen molar-refractivity contribution < 1.29 is 22.7 Å². The molecular weight excluding hydrogens is 472 g/mol. The Kier molecular flexibility index (Phi) is 7.45. The smallest absolute Gasteiger partial charge is 0.243 e. The average Bonchev–Trinajstić information content (AvgIpc) is 3.30. The number of carbonyl (C=O) groups is 1. The summed E-state index contributed by atoms with van der Waals surface area (Å²) >= 11 is 1.51. The maximum Gasteiger partial charge on any atom is 0.243 e. The summed E-state index contributed by atoms with van der Waals surface area (Å²) in [5.41, 5.74) is 0.647. The number of methoxy groups -OCH3 is 1. The lowest BCUT2D eigenvalue weighted by Crippen LogP contribution is -2.43. The number of sulfonamides is 1. The van der Waals surface area contributed by atoms with E-state index in [1.165, 1.54) is 35.3 Å². The first-order chi connectivity index (χ1) is 16.4. The fourth-order valence-electron chi connectivity index (χ4n) is 3.90. The number of anilines is 1. The summed E-state index contributed by atoms with van der Waals surface area (Å²) in [4.78, 5) is 14.4. The van der Waals surface area contributed by atoms with Gasteiger partial charge in [-0.05, 0) is 54.8 Å². The first-order valence-electron chi connectivity index (χ1n) is 10.7. The Bertz CT molecular complexity index is 1230. The third kappa shape index (κ3) is 5.22. The molecule has 0 aromatic heterocycles. The second kappa shape index (κ2) is 10.5. The van der Waals surface area contributed by atoms with Crippen LogP contribution in [0.2, 0.25) is 0 Å². The van der Waals surface area contributed by atoms with Crippen LogP contribution in [0.25, 0.3) is 0 Å². The van der Waals surface area contributed by atoms with Crippen molar-refractivity contribution in [3.8, 4) is 11.5 Å². The third-order valence-electron chi connectivity index (χ3n) is 5.60. The Morgan fingerprint density at radius 3 is 2.32 bits per heavy atom. The summed E-state index contributed by atoms with van der Waals surface area (Å²) in [6.45, 7) is 0.0610. The minimum atomic E-state index is -3.96. The van der Waals surface area contributed by atoms with Crippen LogP contribution in [0.4, 0.5) is 5.69 Å². The van der Waals surface area contributed by atoms with Gasteiger partial charge < -0.3 is 14.8 Å². The van der Waals surface area contributed by atoms with Crippen molar-refractivity contribution >= 4 is 33.4 Å². The van der Waals surface area contributed by atoms with Crippen LogP contribution in [0.3, 0.4) is 0 Å². The second-order valence-electron chi connectivity index (χ2n) is 7.74. The normalized spacial score (nSPS) is 18.4. The Hall–Kier alpha value is -3.01. The number of carbonyl (C=O) groups excluding carboxylic acids is 1. The Morgan fingerprint density at radius 1 is 0.971 bits per heavy atom. The zero-order valence-corrected chi connectivity index (χ0v) is 20.5. The van der Waals surface area contributed by atoms with E-state index >= 15 is 0 Å².